The fourth-order valence-corrected chi connectivity index (χ4v) is 5.10. The molecule has 0 amide bonds. The SMILES string of the molecule is CC1(C)CCCCC1Nc1c(Br)cc(Br)cc1Br. The van der Waals surface area contributed by atoms with Crippen LogP contribution in [0.1, 0.15) is 39.5 Å². The summed E-state index contributed by atoms with van der Waals surface area (Å²) in [6.07, 6.45) is 5.24. The van der Waals surface area contributed by atoms with E-state index < -0.39 is 0 Å². The molecule has 18 heavy (non-hydrogen) atoms. The lowest BCUT2D eigenvalue weighted by atomic mass is 9.73. The maximum atomic E-state index is 3.72. The van der Waals surface area contributed by atoms with Crippen molar-refractivity contribution in [3.63, 3.8) is 0 Å². The van der Waals surface area contributed by atoms with Gasteiger partial charge in [-0.1, -0.05) is 42.6 Å². The topological polar surface area (TPSA) is 12.0 Å². The van der Waals surface area contributed by atoms with E-state index in [1.54, 1.807) is 0 Å². The molecule has 2 rings (SSSR count). The third-order valence-electron chi connectivity index (χ3n) is 3.83. The Hall–Kier alpha value is 0.460. The highest BCUT2D eigenvalue weighted by atomic mass is 79.9. The molecule has 0 aliphatic heterocycles. The number of halogens is 3. The molecular formula is C14H18Br3N. The molecular weight excluding hydrogens is 422 g/mol. The largest absolute Gasteiger partial charge is 0.380 e. The third kappa shape index (κ3) is 3.31. The van der Waals surface area contributed by atoms with Gasteiger partial charge in [-0.15, -0.1) is 0 Å². The van der Waals surface area contributed by atoms with E-state index in [0.29, 0.717) is 11.5 Å². The zero-order valence-electron chi connectivity index (χ0n) is 10.7. The first-order chi connectivity index (χ1) is 8.40. The van der Waals surface area contributed by atoms with Crippen LogP contribution in [-0.4, -0.2) is 6.04 Å². The van der Waals surface area contributed by atoms with Crippen LogP contribution < -0.4 is 5.32 Å². The lowest BCUT2D eigenvalue weighted by molar-refractivity contribution is 0.217. The third-order valence-corrected chi connectivity index (χ3v) is 5.54. The number of hydrogen-bond acceptors (Lipinski definition) is 1. The monoisotopic (exact) mass is 437 g/mol. The minimum Gasteiger partial charge on any atom is -0.380 e. The van der Waals surface area contributed by atoms with Crippen molar-refractivity contribution < 1.29 is 0 Å². The molecule has 1 N–H and O–H groups in total. The second-order valence-corrected chi connectivity index (χ2v) is 8.30. The Labute approximate surface area is 134 Å². The van der Waals surface area contributed by atoms with Crippen molar-refractivity contribution in [2.75, 3.05) is 5.32 Å². The number of rotatable bonds is 2. The summed E-state index contributed by atoms with van der Waals surface area (Å²) in [5.41, 5.74) is 1.53. The minimum atomic E-state index is 0.365. The summed E-state index contributed by atoms with van der Waals surface area (Å²) >= 11 is 10.8. The first-order valence-corrected chi connectivity index (χ1v) is 8.69. The van der Waals surface area contributed by atoms with E-state index in [4.69, 9.17) is 0 Å². The predicted octanol–water partition coefficient (Wildman–Crippen LogP) is 6.35. The number of hydrogen-bond donors (Lipinski definition) is 1. The number of nitrogens with one attached hydrogen (secondary N) is 1. The minimum absolute atomic E-state index is 0.365. The lowest BCUT2D eigenvalue weighted by Gasteiger charge is -2.40. The van der Waals surface area contributed by atoms with Crippen LogP contribution >= 0.6 is 47.8 Å². The summed E-state index contributed by atoms with van der Waals surface area (Å²) in [6, 6.07) is 4.71. The van der Waals surface area contributed by atoms with Crippen molar-refractivity contribution in [2.24, 2.45) is 5.41 Å². The van der Waals surface area contributed by atoms with Crippen LogP contribution in [0.5, 0.6) is 0 Å². The highest BCUT2D eigenvalue weighted by Crippen LogP contribution is 2.41. The van der Waals surface area contributed by atoms with Gasteiger partial charge in [0, 0.05) is 19.5 Å². The predicted molar refractivity (Wildman–Crippen MR) is 89.2 cm³/mol. The molecule has 0 radical (unpaired) electrons. The van der Waals surface area contributed by atoms with Crippen molar-refractivity contribution in [3.05, 3.63) is 25.6 Å². The van der Waals surface area contributed by atoms with E-state index in [9.17, 15) is 0 Å². The molecule has 4 heteroatoms. The Morgan fingerprint density at radius 1 is 1.11 bits per heavy atom. The molecule has 1 fully saturated rings. The van der Waals surface area contributed by atoms with Gasteiger partial charge < -0.3 is 5.32 Å². The Morgan fingerprint density at radius 2 is 1.72 bits per heavy atom. The van der Waals surface area contributed by atoms with Crippen LogP contribution in [0.15, 0.2) is 25.6 Å². The highest BCUT2D eigenvalue weighted by Gasteiger charge is 2.32. The zero-order chi connectivity index (χ0) is 13.3. The average molecular weight is 440 g/mol. The number of anilines is 1. The lowest BCUT2D eigenvalue weighted by Crippen LogP contribution is -2.39. The van der Waals surface area contributed by atoms with E-state index in [2.05, 4.69) is 79.1 Å². The second-order valence-electron chi connectivity index (χ2n) is 5.68. The Balaban J connectivity index is 2.23. The van der Waals surface area contributed by atoms with Gasteiger partial charge in [0.15, 0.2) is 0 Å². The first kappa shape index (κ1) is 14.9. The van der Waals surface area contributed by atoms with E-state index in [1.165, 1.54) is 25.7 Å². The molecule has 1 atom stereocenters. The van der Waals surface area contributed by atoms with Gasteiger partial charge in [0.1, 0.15) is 0 Å². The van der Waals surface area contributed by atoms with Crippen LogP contribution in [0.3, 0.4) is 0 Å². The second kappa shape index (κ2) is 5.84. The van der Waals surface area contributed by atoms with Gasteiger partial charge in [-0.2, -0.15) is 0 Å². The summed E-state index contributed by atoms with van der Waals surface area (Å²) in [7, 11) is 0. The normalized spacial score (nSPS) is 22.8. The highest BCUT2D eigenvalue weighted by molar-refractivity contribution is 9.11. The molecule has 1 aromatic carbocycles. The van der Waals surface area contributed by atoms with E-state index in [1.807, 2.05) is 0 Å². The fourth-order valence-electron chi connectivity index (χ4n) is 2.62. The average Bonchev–Trinajstić information content (AvgIpc) is 2.24. The standard InChI is InChI=1S/C14H18Br3N/c1-14(2)6-4-3-5-12(14)18-13-10(16)7-9(15)8-11(13)17/h7-8,12,18H,3-6H2,1-2H3. The molecule has 100 valence electrons. The van der Waals surface area contributed by atoms with E-state index >= 15 is 0 Å². The molecule has 1 nitrogen and oxygen atoms in total. The first-order valence-electron chi connectivity index (χ1n) is 6.31. The van der Waals surface area contributed by atoms with E-state index in [-0.39, 0.29) is 0 Å². The summed E-state index contributed by atoms with van der Waals surface area (Å²) < 4.78 is 3.28. The fraction of sp³-hybridized carbons (Fsp3) is 0.571. The zero-order valence-corrected chi connectivity index (χ0v) is 15.5. The van der Waals surface area contributed by atoms with Crippen LogP contribution in [0.2, 0.25) is 0 Å². The van der Waals surface area contributed by atoms with Crippen molar-refractivity contribution >= 4 is 53.5 Å². The maximum Gasteiger partial charge on any atom is 0.0632 e. The molecule has 0 bridgehead atoms. The molecule has 1 aliphatic rings. The molecule has 0 aromatic heterocycles. The summed E-state index contributed by atoms with van der Waals surface area (Å²) in [4.78, 5) is 0. The molecule has 1 aromatic rings. The van der Waals surface area contributed by atoms with Gasteiger partial charge in [0.25, 0.3) is 0 Å². The van der Waals surface area contributed by atoms with Crippen LogP contribution in [0.25, 0.3) is 0 Å². The van der Waals surface area contributed by atoms with Gasteiger partial charge in [-0.25, -0.2) is 0 Å². The molecule has 1 unspecified atom stereocenters. The van der Waals surface area contributed by atoms with Crippen molar-refractivity contribution in [1.29, 1.82) is 0 Å². The smallest absolute Gasteiger partial charge is 0.0632 e. The molecule has 0 spiro atoms. The summed E-state index contributed by atoms with van der Waals surface area (Å²) in [5, 5.41) is 3.72. The van der Waals surface area contributed by atoms with Gasteiger partial charge in [-0.3, -0.25) is 0 Å². The maximum absolute atomic E-state index is 3.72. The molecule has 0 saturated heterocycles. The quantitative estimate of drug-likeness (QED) is 0.565. The van der Waals surface area contributed by atoms with Crippen LogP contribution in [-0.2, 0) is 0 Å². The Bertz CT molecular complexity index is 420. The van der Waals surface area contributed by atoms with Gasteiger partial charge in [-0.05, 0) is 62.2 Å². The van der Waals surface area contributed by atoms with Gasteiger partial charge in [0.2, 0.25) is 0 Å². The molecule has 1 saturated carbocycles. The Kier molecular flexibility index (Phi) is 4.82. The van der Waals surface area contributed by atoms with Crippen LogP contribution in [0.4, 0.5) is 5.69 Å². The molecule has 1 aliphatic carbocycles. The van der Waals surface area contributed by atoms with E-state index in [0.717, 1.165) is 19.1 Å². The van der Waals surface area contributed by atoms with Gasteiger partial charge >= 0.3 is 0 Å². The number of benzene rings is 1. The van der Waals surface area contributed by atoms with Crippen molar-refractivity contribution in [3.8, 4) is 0 Å². The van der Waals surface area contributed by atoms with Crippen molar-refractivity contribution in [2.45, 2.75) is 45.6 Å². The summed E-state index contributed by atoms with van der Waals surface area (Å²) in [6.45, 7) is 4.73. The van der Waals surface area contributed by atoms with Crippen LogP contribution in [0, 0.1) is 5.41 Å². The summed E-state index contributed by atoms with van der Waals surface area (Å²) in [5.74, 6) is 0. The Morgan fingerprint density at radius 3 is 2.28 bits per heavy atom. The molecule has 0 heterocycles. The van der Waals surface area contributed by atoms with Gasteiger partial charge in [0.05, 0.1) is 5.69 Å². The van der Waals surface area contributed by atoms with Crippen molar-refractivity contribution in [1.82, 2.24) is 0 Å².